The molecule has 1 amide bonds. The van der Waals surface area contributed by atoms with Crippen LogP contribution >= 0.6 is 11.3 Å². The molecule has 0 saturated carbocycles. The smallest absolute Gasteiger partial charge is 0.234 e. The van der Waals surface area contributed by atoms with Crippen molar-refractivity contribution in [3.63, 3.8) is 0 Å². The Morgan fingerprint density at radius 3 is 3.17 bits per heavy atom. The van der Waals surface area contributed by atoms with Gasteiger partial charge in [-0.05, 0) is 37.3 Å². The van der Waals surface area contributed by atoms with Crippen LogP contribution in [0.5, 0.6) is 0 Å². The molecule has 1 aliphatic rings. The van der Waals surface area contributed by atoms with Crippen molar-refractivity contribution in [3.8, 4) is 0 Å². The summed E-state index contributed by atoms with van der Waals surface area (Å²) in [6.07, 6.45) is 7.71. The maximum atomic E-state index is 12.2. The minimum Gasteiger partial charge on any atom is -0.355 e. The van der Waals surface area contributed by atoms with E-state index in [2.05, 4.69) is 31.7 Å². The highest BCUT2D eigenvalue weighted by atomic mass is 32.1. The van der Waals surface area contributed by atoms with Crippen LogP contribution in [0.1, 0.15) is 24.1 Å². The van der Waals surface area contributed by atoms with Crippen molar-refractivity contribution in [2.75, 3.05) is 19.6 Å². The monoisotopic (exact) mass is 333 g/mol. The van der Waals surface area contributed by atoms with Gasteiger partial charge in [0.1, 0.15) is 12.7 Å². The molecule has 23 heavy (non-hydrogen) atoms. The highest BCUT2D eigenvalue weighted by molar-refractivity contribution is 7.09. The molecule has 7 heteroatoms. The summed E-state index contributed by atoms with van der Waals surface area (Å²) in [7, 11) is 0. The summed E-state index contributed by atoms with van der Waals surface area (Å²) in [5.41, 5.74) is 0. The zero-order valence-electron chi connectivity index (χ0n) is 13.2. The number of nitrogens with zero attached hydrogens (tertiary/aromatic N) is 4. The predicted molar refractivity (Wildman–Crippen MR) is 90.3 cm³/mol. The molecule has 1 aliphatic heterocycles. The van der Waals surface area contributed by atoms with E-state index in [-0.39, 0.29) is 5.91 Å². The number of nitrogens with one attached hydrogen (secondary N) is 1. The van der Waals surface area contributed by atoms with Gasteiger partial charge in [0.25, 0.3) is 0 Å². The number of rotatable bonds is 7. The maximum absolute atomic E-state index is 12.2. The SMILES string of the molecule is O=C(CN1CCCC[C@H]1Cn1cncn1)NCCc1cccs1. The van der Waals surface area contributed by atoms with E-state index >= 15 is 0 Å². The molecule has 1 saturated heterocycles. The molecule has 0 radical (unpaired) electrons. The Kier molecular flexibility index (Phi) is 5.76. The number of piperidine rings is 1. The summed E-state index contributed by atoms with van der Waals surface area (Å²) in [5, 5.41) is 9.29. The maximum Gasteiger partial charge on any atom is 0.234 e. The Morgan fingerprint density at radius 2 is 2.39 bits per heavy atom. The molecule has 0 unspecified atom stereocenters. The number of carbonyl (C=O) groups excluding carboxylic acids is 1. The number of hydrogen-bond donors (Lipinski definition) is 1. The van der Waals surface area contributed by atoms with E-state index < -0.39 is 0 Å². The first-order valence-electron chi connectivity index (χ1n) is 8.17. The van der Waals surface area contributed by atoms with Crippen LogP contribution in [0.2, 0.25) is 0 Å². The summed E-state index contributed by atoms with van der Waals surface area (Å²) in [4.78, 5) is 19.8. The van der Waals surface area contributed by atoms with Gasteiger partial charge in [-0.2, -0.15) is 5.10 Å². The van der Waals surface area contributed by atoms with Crippen molar-refractivity contribution in [1.29, 1.82) is 0 Å². The van der Waals surface area contributed by atoms with Crippen LogP contribution in [0.3, 0.4) is 0 Å². The molecule has 1 atom stereocenters. The first kappa shape index (κ1) is 16.1. The van der Waals surface area contributed by atoms with Crippen molar-refractivity contribution >= 4 is 17.2 Å². The molecule has 124 valence electrons. The number of amides is 1. The normalized spacial score (nSPS) is 18.9. The third kappa shape index (κ3) is 4.87. The molecule has 0 aliphatic carbocycles. The van der Waals surface area contributed by atoms with Crippen molar-refractivity contribution in [3.05, 3.63) is 35.0 Å². The lowest BCUT2D eigenvalue weighted by molar-refractivity contribution is -0.123. The summed E-state index contributed by atoms with van der Waals surface area (Å²) in [6.45, 7) is 2.98. The van der Waals surface area contributed by atoms with Crippen LogP contribution in [0.4, 0.5) is 0 Å². The highest BCUT2D eigenvalue weighted by Crippen LogP contribution is 2.17. The first-order chi connectivity index (χ1) is 11.3. The van der Waals surface area contributed by atoms with Gasteiger partial charge >= 0.3 is 0 Å². The summed E-state index contributed by atoms with van der Waals surface area (Å²) in [5.74, 6) is 0.118. The van der Waals surface area contributed by atoms with Crippen molar-refractivity contribution in [2.24, 2.45) is 0 Å². The molecule has 3 heterocycles. The fraction of sp³-hybridized carbons (Fsp3) is 0.562. The minimum atomic E-state index is 0.118. The standard InChI is InChI=1S/C16H23N5OS/c22-16(18-7-6-15-5-3-9-23-15)11-20-8-2-1-4-14(20)10-21-13-17-12-19-21/h3,5,9,12-14H,1-2,4,6-8,10-11H2,(H,18,22)/t14-/m0/s1. The van der Waals surface area contributed by atoms with Crippen LogP contribution < -0.4 is 5.32 Å². The quantitative estimate of drug-likeness (QED) is 0.835. The second kappa shape index (κ2) is 8.21. The van der Waals surface area contributed by atoms with Gasteiger partial charge in [-0.1, -0.05) is 12.5 Å². The Labute approximate surface area is 140 Å². The molecule has 6 nitrogen and oxygen atoms in total. The van der Waals surface area contributed by atoms with Gasteiger partial charge in [0, 0.05) is 17.5 Å². The molecule has 1 N–H and O–H groups in total. The Balaban J connectivity index is 1.45. The molecule has 3 rings (SSSR count). The minimum absolute atomic E-state index is 0.118. The van der Waals surface area contributed by atoms with Crippen molar-refractivity contribution < 1.29 is 4.79 Å². The van der Waals surface area contributed by atoms with Gasteiger partial charge in [0.2, 0.25) is 5.91 Å². The average Bonchev–Trinajstić information content (AvgIpc) is 3.23. The number of thiophene rings is 1. The Hall–Kier alpha value is -1.73. The fourth-order valence-electron chi connectivity index (χ4n) is 3.04. The van der Waals surface area contributed by atoms with Gasteiger partial charge < -0.3 is 5.32 Å². The van der Waals surface area contributed by atoms with Gasteiger partial charge in [0.15, 0.2) is 0 Å². The van der Waals surface area contributed by atoms with E-state index in [0.717, 1.165) is 32.4 Å². The lowest BCUT2D eigenvalue weighted by atomic mass is 10.0. The zero-order chi connectivity index (χ0) is 15.9. The molecule has 2 aromatic rings. The van der Waals surface area contributed by atoms with Gasteiger partial charge in [0.05, 0.1) is 13.1 Å². The molecule has 0 bridgehead atoms. The summed E-state index contributed by atoms with van der Waals surface area (Å²) < 4.78 is 1.86. The van der Waals surface area contributed by atoms with Crippen LogP contribution in [-0.2, 0) is 17.8 Å². The lowest BCUT2D eigenvalue weighted by Crippen LogP contribution is -2.47. The third-order valence-electron chi connectivity index (χ3n) is 4.23. The fourth-order valence-corrected chi connectivity index (χ4v) is 3.75. The topological polar surface area (TPSA) is 63.1 Å². The molecule has 0 spiro atoms. The van der Waals surface area contributed by atoms with Gasteiger partial charge in [-0.25, -0.2) is 4.98 Å². The number of carbonyl (C=O) groups is 1. The van der Waals surface area contributed by atoms with Gasteiger partial charge in [-0.3, -0.25) is 14.4 Å². The van der Waals surface area contributed by atoms with E-state index in [1.54, 1.807) is 24.0 Å². The Morgan fingerprint density at radius 1 is 1.43 bits per heavy atom. The van der Waals surface area contributed by atoms with E-state index in [1.165, 1.54) is 11.3 Å². The number of aromatic nitrogens is 3. The average molecular weight is 333 g/mol. The molecule has 2 aromatic heterocycles. The molecular formula is C16H23N5OS. The number of likely N-dealkylation sites (tertiary alicyclic amines) is 1. The molecule has 0 aromatic carbocycles. The van der Waals surface area contributed by atoms with Gasteiger partial charge in [-0.15, -0.1) is 11.3 Å². The van der Waals surface area contributed by atoms with E-state index in [0.29, 0.717) is 19.1 Å². The highest BCUT2D eigenvalue weighted by Gasteiger charge is 2.24. The molecular weight excluding hydrogens is 310 g/mol. The van der Waals surface area contributed by atoms with E-state index in [4.69, 9.17) is 0 Å². The van der Waals surface area contributed by atoms with Crippen LogP contribution in [0.25, 0.3) is 0 Å². The molecule has 1 fully saturated rings. The second-order valence-electron chi connectivity index (χ2n) is 5.92. The Bertz CT molecular complexity index is 584. The largest absolute Gasteiger partial charge is 0.355 e. The van der Waals surface area contributed by atoms with E-state index in [1.807, 2.05) is 10.7 Å². The van der Waals surface area contributed by atoms with E-state index in [9.17, 15) is 4.79 Å². The summed E-state index contributed by atoms with van der Waals surface area (Å²) >= 11 is 1.74. The van der Waals surface area contributed by atoms with Crippen LogP contribution in [0.15, 0.2) is 30.2 Å². The van der Waals surface area contributed by atoms with Crippen molar-refractivity contribution in [1.82, 2.24) is 25.0 Å². The number of hydrogen-bond acceptors (Lipinski definition) is 5. The summed E-state index contributed by atoms with van der Waals surface area (Å²) in [6, 6.07) is 4.52. The van der Waals surface area contributed by atoms with Crippen LogP contribution in [0, 0.1) is 0 Å². The third-order valence-corrected chi connectivity index (χ3v) is 5.17. The first-order valence-corrected chi connectivity index (χ1v) is 9.05. The zero-order valence-corrected chi connectivity index (χ0v) is 14.0. The second-order valence-corrected chi connectivity index (χ2v) is 6.95. The van der Waals surface area contributed by atoms with Crippen molar-refractivity contribution in [2.45, 2.75) is 38.3 Å². The van der Waals surface area contributed by atoms with Crippen LogP contribution in [-0.4, -0.2) is 51.2 Å². The predicted octanol–water partition coefficient (Wildman–Crippen LogP) is 1.55. The lowest BCUT2D eigenvalue weighted by Gasteiger charge is -2.35.